The molecule has 24 heavy (non-hydrogen) atoms. The molecular weight excluding hydrogens is 328 g/mol. The van der Waals surface area contributed by atoms with Gasteiger partial charge in [0.1, 0.15) is 12.1 Å². The minimum Gasteiger partial charge on any atom is -0.481 e. The van der Waals surface area contributed by atoms with E-state index in [1.807, 2.05) is 5.32 Å². The van der Waals surface area contributed by atoms with Gasteiger partial charge in [0.2, 0.25) is 17.7 Å². The molecule has 0 aliphatic rings. The highest BCUT2D eigenvalue weighted by atomic mass is 16.4. The number of aliphatic hydroxyl groups is 1. The van der Waals surface area contributed by atoms with Gasteiger partial charge in [0.15, 0.2) is 0 Å². The highest BCUT2D eigenvalue weighted by molar-refractivity contribution is 5.93. The van der Waals surface area contributed by atoms with Crippen LogP contribution >= 0.6 is 0 Å². The van der Waals surface area contributed by atoms with Crippen LogP contribution in [0.1, 0.15) is 19.3 Å². The number of nitrogens with two attached hydrogens (primary N) is 2. The first-order valence-electron chi connectivity index (χ1n) is 6.78. The van der Waals surface area contributed by atoms with E-state index in [4.69, 9.17) is 26.8 Å². The van der Waals surface area contributed by atoms with Gasteiger partial charge in [-0.3, -0.25) is 19.2 Å². The molecule has 9 N–H and O–H groups in total. The Morgan fingerprint density at radius 1 is 0.958 bits per heavy atom. The van der Waals surface area contributed by atoms with Gasteiger partial charge in [0.05, 0.1) is 19.1 Å². The van der Waals surface area contributed by atoms with Crippen LogP contribution < -0.4 is 22.1 Å². The molecule has 3 amide bonds. The quantitative estimate of drug-likeness (QED) is 0.193. The Bertz CT molecular complexity index is 509. The molecule has 3 atom stereocenters. The largest absolute Gasteiger partial charge is 0.481 e. The van der Waals surface area contributed by atoms with Crippen molar-refractivity contribution in [2.45, 2.75) is 37.4 Å². The van der Waals surface area contributed by atoms with Gasteiger partial charge in [0, 0.05) is 6.42 Å². The monoisotopic (exact) mass is 348 g/mol. The van der Waals surface area contributed by atoms with Gasteiger partial charge in [-0.25, -0.2) is 4.79 Å². The third-order valence-electron chi connectivity index (χ3n) is 2.85. The molecule has 0 aliphatic heterocycles. The Morgan fingerprint density at radius 3 is 1.92 bits per heavy atom. The fourth-order valence-electron chi connectivity index (χ4n) is 1.55. The van der Waals surface area contributed by atoms with Crippen LogP contribution in [0, 0.1) is 0 Å². The zero-order chi connectivity index (χ0) is 18.9. The smallest absolute Gasteiger partial charge is 0.326 e. The highest BCUT2D eigenvalue weighted by Crippen LogP contribution is 1.98. The Balaban J connectivity index is 4.73. The van der Waals surface area contributed by atoms with Crippen molar-refractivity contribution in [1.29, 1.82) is 0 Å². The first kappa shape index (κ1) is 21.3. The van der Waals surface area contributed by atoms with E-state index in [-0.39, 0.29) is 12.8 Å². The van der Waals surface area contributed by atoms with Gasteiger partial charge >= 0.3 is 11.9 Å². The summed E-state index contributed by atoms with van der Waals surface area (Å²) in [6.45, 7) is -0.875. The second kappa shape index (κ2) is 10.1. The van der Waals surface area contributed by atoms with Crippen LogP contribution in [0.15, 0.2) is 0 Å². The second-order valence-electron chi connectivity index (χ2n) is 4.85. The van der Waals surface area contributed by atoms with Crippen molar-refractivity contribution in [2.24, 2.45) is 11.5 Å². The summed E-state index contributed by atoms with van der Waals surface area (Å²) in [6.07, 6.45) is -1.13. The number of primary amides is 1. The summed E-state index contributed by atoms with van der Waals surface area (Å²) in [6, 6.07) is -4.44. The molecular formula is C12H20N4O8. The molecule has 3 unspecified atom stereocenters. The molecule has 136 valence electrons. The van der Waals surface area contributed by atoms with Gasteiger partial charge in [-0.05, 0) is 6.42 Å². The Kier molecular flexibility index (Phi) is 8.97. The second-order valence-corrected chi connectivity index (χ2v) is 4.85. The number of aliphatic hydroxyl groups excluding tert-OH is 1. The van der Waals surface area contributed by atoms with Crippen molar-refractivity contribution in [2.75, 3.05) is 6.61 Å². The number of carbonyl (C=O) groups excluding carboxylic acids is 3. The average Bonchev–Trinajstić information content (AvgIpc) is 2.48. The van der Waals surface area contributed by atoms with E-state index >= 15 is 0 Å². The molecule has 0 heterocycles. The van der Waals surface area contributed by atoms with Gasteiger partial charge < -0.3 is 37.4 Å². The summed E-state index contributed by atoms with van der Waals surface area (Å²) in [5.74, 6) is -5.68. The number of rotatable bonds is 11. The van der Waals surface area contributed by atoms with E-state index in [1.165, 1.54) is 0 Å². The number of carboxylic acid groups (broad SMARTS) is 2. The topological polar surface area (TPSA) is 222 Å². The van der Waals surface area contributed by atoms with E-state index < -0.39 is 60.8 Å². The van der Waals surface area contributed by atoms with Crippen molar-refractivity contribution >= 4 is 29.7 Å². The molecule has 0 rings (SSSR count). The number of aliphatic carboxylic acids is 2. The molecule has 0 aromatic heterocycles. The van der Waals surface area contributed by atoms with Crippen LogP contribution in [0.2, 0.25) is 0 Å². The number of carboxylic acids is 2. The lowest BCUT2D eigenvalue weighted by molar-refractivity contribution is -0.147. The lowest BCUT2D eigenvalue weighted by Gasteiger charge is -2.20. The molecule has 0 bridgehead atoms. The van der Waals surface area contributed by atoms with Crippen LogP contribution in [0.25, 0.3) is 0 Å². The average molecular weight is 348 g/mol. The molecule has 12 heteroatoms. The molecule has 0 aliphatic carbocycles. The maximum atomic E-state index is 11.8. The lowest BCUT2D eigenvalue weighted by Crippen LogP contribution is -2.56. The zero-order valence-corrected chi connectivity index (χ0v) is 12.6. The Hall–Kier alpha value is -2.73. The van der Waals surface area contributed by atoms with Crippen LogP contribution in [0.3, 0.4) is 0 Å². The molecule has 0 radical (unpaired) electrons. The predicted octanol–water partition coefficient (Wildman–Crippen LogP) is -3.90. The lowest BCUT2D eigenvalue weighted by atomic mass is 10.1. The minimum atomic E-state index is -1.73. The highest BCUT2D eigenvalue weighted by Gasteiger charge is 2.28. The van der Waals surface area contributed by atoms with Crippen molar-refractivity contribution < 1.29 is 39.3 Å². The molecule has 12 nitrogen and oxygen atoms in total. The van der Waals surface area contributed by atoms with Crippen molar-refractivity contribution in [3.8, 4) is 0 Å². The standard InChI is InChI=1S/C12H20N4O8/c13-5(1-2-8(14)18)10(21)16-7(4-17)11(22)15-6(12(23)24)3-9(19)20/h5-7,17H,1-4,13H2,(H2,14,18)(H,15,22)(H,16,21)(H,19,20)(H,23,24). The van der Waals surface area contributed by atoms with Crippen LogP contribution in [0.4, 0.5) is 0 Å². The zero-order valence-electron chi connectivity index (χ0n) is 12.6. The number of hydrogen-bond acceptors (Lipinski definition) is 7. The van der Waals surface area contributed by atoms with E-state index in [9.17, 15) is 24.0 Å². The molecule has 0 spiro atoms. The van der Waals surface area contributed by atoms with Crippen molar-refractivity contribution in [3.05, 3.63) is 0 Å². The van der Waals surface area contributed by atoms with Crippen LogP contribution in [-0.4, -0.2) is 69.7 Å². The molecule has 0 aromatic rings. The fraction of sp³-hybridized carbons (Fsp3) is 0.583. The minimum absolute atomic E-state index is 0.0856. The summed E-state index contributed by atoms with van der Waals surface area (Å²) in [5.41, 5.74) is 10.4. The van der Waals surface area contributed by atoms with E-state index in [2.05, 4.69) is 5.32 Å². The Labute approximate surface area is 136 Å². The summed E-state index contributed by atoms with van der Waals surface area (Å²) >= 11 is 0. The predicted molar refractivity (Wildman–Crippen MR) is 77.2 cm³/mol. The third-order valence-corrected chi connectivity index (χ3v) is 2.85. The van der Waals surface area contributed by atoms with Gasteiger partial charge in [-0.1, -0.05) is 0 Å². The normalized spacial score (nSPS) is 14.1. The van der Waals surface area contributed by atoms with Crippen molar-refractivity contribution in [3.63, 3.8) is 0 Å². The maximum Gasteiger partial charge on any atom is 0.326 e. The first-order chi connectivity index (χ1) is 11.1. The summed E-state index contributed by atoms with van der Waals surface area (Å²) in [4.78, 5) is 55.6. The molecule has 0 saturated carbocycles. The van der Waals surface area contributed by atoms with E-state index in [1.54, 1.807) is 0 Å². The first-order valence-corrected chi connectivity index (χ1v) is 6.78. The van der Waals surface area contributed by atoms with Crippen LogP contribution in [-0.2, 0) is 24.0 Å². The summed E-state index contributed by atoms with van der Waals surface area (Å²) in [5, 5.41) is 30.5. The molecule has 0 aromatic carbocycles. The Morgan fingerprint density at radius 2 is 1.50 bits per heavy atom. The molecule has 0 saturated heterocycles. The fourth-order valence-corrected chi connectivity index (χ4v) is 1.55. The van der Waals surface area contributed by atoms with Gasteiger partial charge in [-0.2, -0.15) is 0 Å². The van der Waals surface area contributed by atoms with Gasteiger partial charge in [-0.15, -0.1) is 0 Å². The van der Waals surface area contributed by atoms with E-state index in [0.717, 1.165) is 0 Å². The number of amides is 3. The number of nitrogens with one attached hydrogen (secondary N) is 2. The SMILES string of the molecule is NC(=O)CCC(N)C(=O)NC(CO)C(=O)NC(CC(=O)O)C(=O)O. The summed E-state index contributed by atoms with van der Waals surface area (Å²) < 4.78 is 0. The van der Waals surface area contributed by atoms with E-state index in [0.29, 0.717) is 0 Å². The maximum absolute atomic E-state index is 11.8. The number of carbonyl (C=O) groups is 5. The van der Waals surface area contributed by atoms with Crippen molar-refractivity contribution in [1.82, 2.24) is 10.6 Å². The van der Waals surface area contributed by atoms with Gasteiger partial charge in [0.25, 0.3) is 0 Å². The van der Waals surface area contributed by atoms with Crippen LogP contribution in [0.5, 0.6) is 0 Å². The molecule has 0 fully saturated rings. The third kappa shape index (κ3) is 8.05. The number of hydrogen-bond donors (Lipinski definition) is 7. The summed E-state index contributed by atoms with van der Waals surface area (Å²) in [7, 11) is 0.